The van der Waals surface area contributed by atoms with Gasteiger partial charge in [0.1, 0.15) is 0 Å². The third-order valence-corrected chi connectivity index (χ3v) is 5.57. The summed E-state index contributed by atoms with van der Waals surface area (Å²) in [6.07, 6.45) is 3.08. The summed E-state index contributed by atoms with van der Waals surface area (Å²) >= 11 is 0. The third-order valence-electron chi connectivity index (χ3n) is 4.23. The van der Waals surface area contributed by atoms with E-state index in [4.69, 9.17) is 10.7 Å². The van der Waals surface area contributed by atoms with Gasteiger partial charge < -0.3 is 5.32 Å². The second-order valence-corrected chi connectivity index (χ2v) is 8.44. The van der Waals surface area contributed by atoms with E-state index in [1.54, 1.807) is 13.8 Å². The maximum atomic E-state index is 12.4. The van der Waals surface area contributed by atoms with Gasteiger partial charge in [0.25, 0.3) is 9.05 Å². The fraction of sp³-hybridized carbons (Fsp3) is 0.533. The van der Waals surface area contributed by atoms with E-state index in [2.05, 4.69) is 12.2 Å². The summed E-state index contributed by atoms with van der Waals surface area (Å²) in [5, 5.41) is 2.95. The molecule has 21 heavy (non-hydrogen) atoms. The van der Waals surface area contributed by atoms with Gasteiger partial charge in [-0.3, -0.25) is 4.79 Å². The van der Waals surface area contributed by atoms with Crippen LogP contribution in [-0.2, 0) is 13.8 Å². The van der Waals surface area contributed by atoms with Gasteiger partial charge in [-0.25, -0.2) is 8.42 Å². The molecule has 2 atom stereocenters. The van der Waals surface area contributed by atoms with Gasteiger partial charge >= 0.3 is 0 Å². The van der Waals surface area contributed by atoms with Crippen molar-refractivity contribution in [2.75, 3.05) is 5.32 Å². The number of carbonyl (C=O) groups is 1. The van der Waals surface area contributed by atoms with E-state index in [-0.39, 0.29) is 16.7 Å². The molecule has 0 radical (unpaired) electrons. The first kappa shape index (κ1) is 16.3. The highest BCUT2D eigenvalue weighted by molar-refractivity contribution is 8.13. The van der Waals surface area contributed by atoms with Gasteiger partial charge in [-0.15, -0.1) is 0 Å². The molecule has 1 saturated carbocycles. The predicted molar refractivity (Wildman–Crippen MR) is 84.1 cm³/mol. The van der Waals surface area contributed by atoms with Crippen LogP contribution >= 0.6 is 10.7 Å². The predicted octanol–water partition coefficient (Wildman–Crippen LogP) is 3.61. The molecule has 2 unspecified atom stereocenters. The standard InChI is InChI=1S/C15H20ClNO3S/c1-9-5-4-6-13(9)15(18)17-14-10(2)7-12(8-11(14)3)21(16,19)20/h7-9,13H,4-6H2,1-3H3,(H,17,18). The summed E-state index contributed by atoms with van der Waals surface area (Å²) in [5.41, 5.74) is 2.09. The topological polar surface area (TPSA) is 63.2 Å². The normalized spacial score (nSPS) is 22.3. The number of nitrogens with one attached hydrogen (secondary N) is 1. The molecule has 0 aliphatic heterocycles. The van der Waals surface area contributed by atoms with Crippen molar-refractivity contribution in [1.82, 2.24) is 0 Å². The molecular weight excluding hydrogens is 310 g/mol. The Bertz CT molecular complexity index is 646. The largest absolute Gasteiger partial charge is 0.325 e. The van der Waals surface area contributed by atoms with Crippen LogP contribution in [0.25, 0.3) is 0 Å². The van der Waals surface area contributed by atoms with Crippen molar-refractivity contribution in [2.45, 2.75) is 44.9 Å². The minimum absolute atomic E-state index is 0.0210. The number of amides is 1. The number of hydrogen-bond acceptors (Lipinski definition) is 3. The first-order valence-corrected chi connectivity index (χ1v) is 9.38. The molecule has 1 aliphatic carbocycles. The Morgan fingerprint density at radius 1 is 1.24 bits per heavy atom. The van der Waals surface area contributed by atoms with Crippen LogP contribution in [0, 0.1) is 25.7 Å². The summed E-state index contributed by atoms with van der Waals surface area (Å²) in [7, 11) is 1.61. The van der Waals surface area contributed by atoms with Crippen molar-refractivity contribution in [3.8, 4) is 0 Å². The van der Waals surface area contributed by atoms with Crippen molar-refractivity contribution in [2.24, 2.45) is 11.8 Å². The minimum atomic E-state index is -3.76. The molecule has 1 aliphatic rings. The van der Waals surface area contributed by atoms with E-state index in [1.807, 2.05) is 0 Å². The van der Waals surface area contributed by atoms with Crippen molar-refractivity contribution < 1.29 is 13.2 Å². The van der Waals surface area contributed by atoms with Crippen molar-refractivity contribution >= 4 is 31.3 Å². The third kappa shape index (κ3) is 3.58. The Labute approximate surface area is 130 Å². The highest BCUT2D eigenvalue weighted by Gasteiger charge is 2.30. The van der Waals surface area contributed by atoms with Crippen LogP contribution in [0.4, 0.5) is 5.69 Å². The zero-order valence-electron chi connectivity index (χ0n) is 12.4. The molecule has 0 spiro atoms. The zero-order chi connectivity index (χ0) is 15.8. The Morgan fingerprint density at radius 2 is 1.81 bits per heavy atom. The smallest absolute Gasteiger partial charge is 0.261 e. The van der Waals surface area contributed by atoms with Crippen LogP contribution in [-0.4, -0.2) is 14.3 Å². The average molecular weight is 330 g/mol. The van der Waals surface area contributed by atoms with E-state index in [0.717, 1.165) is 19.3 Å². The minimum Gasteiger partial charge on any atom is -0.325 e. The maximum Gasteiger partial charge on any atom is 0.261 e. The fourth-order valence-corrected chi connectivity index (χ4v) is 3.91. The monoisotopic (exact) mass is 329 g/mol. The van der Waals surface area contributed by atoms with Crippen LogP contribution in [0.3, 0.4) is 0 Å². The lowest BCUT2D eigenvalue weighted by Gasteiger charge is -2.18. The van der Waals surface area contributed by atoms with E-state index in [0.29, 0.717) is 22.7 Å². The highest BCUT2D eigenvalue weighted by Crippen LogP contribution is 2.33. The van der Waals surface area contributed by atoms with E-state index < -0.39 is 9.05 Å². The molecule has 1 N–H and O–H groups in total. The number of aryl methyl sites for hydroxylation is 2. The van der Waals surface area contributed by atoms with Crippen LogP contribution < -0.4 is 5.32 Å². The molecule has 1 aromatic rings. The van der Waals surface area contributed by atoms with Crippen molar-refractivity contribution in [3.63, 3.8) is 0 Å². The molecular formula is C15H20ClNO3S. The average Bonchev–Trinajstić information content (AvgIpc) is 2.78. The van der Waals surface area contributed by atoms with Gasteiger partial charge in [-0.1, -0.05) is 13.3 Å². The lowest BCUT2D eigenvalue weighted by Crippen LogP contribution is -2.25. The fourth-order valence-electron chi connectivity index (χ4n) is 3.01. The molecule has 4 nitrogen and oxygen atoms in total. The van der Waals surface area contributed by atoms with E-state index >= 15 is 0 Å². The van der Waals surface area contributed by atoms with Crippen LogP contribution in [0.5, 0.6) is 0 Å². The van der Waals surface area contributed by atoms with Gasteiger partial charge in [0.15, 0.2) is 0 Å². The lowest BCUT2D eigenvalue weighted by atomic mass is 9.97. The van der Waals surface area contributed by atoms with E-state index in [9.17, 15) is 13.2 Å². The number of benzene rings is 1. The van der Waals surface area contributed by atoms with Crippen LogP contribution in [0.2, 0.25) is 0 Å². The van der Waals surface area contributed by atoms with Gasteiger partial charge in [0.05, 0.1) is 4.90 Å². The highest BCUT2D eigenvalue weighted by atomic mass is 35.7. The van der Waals surface area contributed by atoms with Crippen molar-refractivity contribution in [3.05, 3.63) is 23.3 Å². The molecule has 1 fully saturated rings. The molecule has 0 heterocycles. The first-order valence-electron chi connectivity index (χ1n) is 7.07. The first-order chi connectivity index (χ1) is 9.70. The second-order valence-electron chi connectivity index (χ2n) is 5.87. The molecule has 2 rings (SSSR count). The Balaban J connectivity index is 2.27. The second kappa shape index (κ2) is 5.97. The van der Waals surface area contributed by atoms with Crippen LogP contribution in [0.1, 0.15) is 37.3 Å². The molecule has 0 bridgehead atoms. The summed E-state index contributed by atoms with van der Waals surface area (Å²) in [4.78, 5) is 12.4. The number of halogens is 1. The Kier molecular flexibility index (Phi) is 4.63. The maximum absolute atomic E-state index is 12.4. The SMILES string of the molecule is Cc1cc(S(=O)(=O)Cl)cc(C)c1NC(=O)C1CCCC1C. The quantitative estimate of drug-likeness (QED) is 0.862. The Hall–Kier alpha value is -1.07. The lowest BCUT2D eigenvalue weighted by molar-refractivity contribution is -0.120. The molecule has 0 saturated heterocycles. The number of hydrogen-bond donors (Lipinski definition) is 1. The van der Waals surface area contributed by atoms with Crippen LogP contribution in [0.15, 0.2) is 17.0 Å². The Morgan fingerprint density at radius 3 is 2.24 bits per heavy atom. The van der Waals surface area contributed by atoms with Crippen molar-refractivity contribution in [1.29, 1.82) is 0 Å². The summed E-state index contributed by atoms with van der Waals surface area (Å²) in [5.74, 6) is 0.459. The molecule has 6 heteroatoms. The summed E-state index contributed by atoms with van der Waals surface area (Å²) < 4.78 is 22.8. The molecule has 116 valence electrons. The summed E-state index contributed by atoms with van der Waals surface area (Å²) in [6, 6.07) is 2.98. The molecule has 1 aromatic carbocycles. The zero-order valence-corrected chi connectivity index (χ0v) is 14.0. The molecule has 1 amide bonds. The number of carbonyl (C=O) groups excluding carboxylic acids is 1. The number of rotatable bonds is 3. The van der Waals surface area contributed by atoms with Gasteiger partial charge in [0, 0.05) is 22.3 Å². The summed E-state index contributed by atoms with van der Waals surface area (Å²) in [6.45, 7) is 5.64. The van der Waals surface area contributed by atoms with Gasteiger partial charge in [-0.05, 0) is 55.9 Å². The van der Waals surface area contributed by atoms with E-state index in [1.165, 1.54) is 12.1 Å². The molecule has 0 aromatic heterocycles. The number of anilines is 1. The van der Waals surface area contributed by atoms with Gasteiger partial charge in [0.2, 0.25) is 5.91 Å². The van der Waals surface area contributed by atoms with Gasteiger partial charge in [-0.2, -0.15) is 0 Å².